The van der Waals surface area contributed by atoms with Crippen molar-refractivity contribution in [2.45, 2.75) is 25.8 Å². The highest BCUT2D eigenvalue weighted by molar-refractivity contribution is 5.89. The Labute approximate surface area is 112 Å². The van der Waals surface area contributed by atoms with E-state index in [0.29, 0.717) is 19.5 Å². The SMILES string of the molecule is O=C1CC(C(=O)N2CCCC2)CN1Cc1ccco1. The molecule has 5 heteroatoms. The van der Waals surface area contributed by atoms with Gasteiger partial charge in [-0.1, -0.05) is 0 Å². The van der Waals surface area contributed by atoms with Gasteiger partial charge >= 0.3 is 0 Å². The van der Waals surface area contributed by atoms with Crippen molar-refractivity contribution in [2.75, 3.05) is 19.6 Å². The maximum Gasteiger partial charge on any atom is 0.227 e. The molecule has 1 atom stereocenters. The summed E-state index contributed by atoms with van der Waals surface area (Å²) in [6.45, 7) is 2.69. The van der Waals surface area contributed by atoms with Gasteiger partial charge in [-0.05, 0) is 25.0 Å². The molecule has 3 rings (SSSR count). The minimum Gasteiger partial charge on any atom is -0.467 e. The molecule has 2 fully saturated rings. The maximum absolute atomic E-state index is 12.3. The van der Waals surface area contributed by atoms with Gasteiger partial charge < -0.3 is 14.2 Å². The number of hydrogen-bond donors (Lipinski definition) is 0. The summed E-state index contributed by atoms with van der Waals surface area (Å²) < 4.78 is 5.25. The van der Waals surface area contributed by atoms with Gasteiger partial charge in [-0.3, -0.25) is 9.59 Å². The van der Waals surface area contributed by atoms with E-state index in [-0.39, 0.29) is 17.7 Å². The molecule has 0 aliphatic carbocycles. The standard InChI is InChI=1S/C14H18N2O3/c17-13-8-11(14(18)15-5-1-2-6-15)9-16(13)10-12-4-3-7-19-12/h3-4,7,11H,1-2,5-6,8-10H2. The summed E-state index contributed by atoms with van der Waals surface area (Å²) in [6, 6.07) is 3.66. The number of carbonyl (C=O) groups is 2. The third-order valence-electron chi connectivity index (χ3n) is 3.91. The molecule has 2 amide bonds. The first-order valence-electron chi connectivity index (χ1n) is 6.83. The van der Waals surface area contributed by atoms with Gasteiger partial charge in [0.1, 0.15) is 5.76 Å². The van der Waals surface area contributed by atoms with Crippen molar-refractivity contribution in [3.63, 3.8) is 0 Å². The average molecular weight is 262 g/mol. The lowest BCUT2D eigenvalue weighted by Gasteiger charge is -2.20. The van der Waals surface area contributed by atoms with Crippen LogP contribution >= 0.6 is 0 Å². The van der Waals surface area contributed by atoms with Gasteiger partial charge in [-0.15, -0.1) is 0 Å². The third kappa shape index (κ3) is 2.50. The van der Waals surface area contributed by atoms with E-state index in [9.17, 15) is 9.59 Å². The number of rotatable bonds is 3. The van der Waals surface area contributed by atoms with Crippen LogP contribution in [0.1, 0.15) is 25.0 Å². The first-order valence-corrected chi connectivity index (χ1v) is 6.83. The molecule has 1 unspecified atom stereocenters. The lowest BCUT2D eigenvalue weighted by Crippen LogP contribution is -2.35. The lowest BCUT2D eigenvalue weighted by molar-refractivity contribution is -0.134. The molecule has 2 aliphatic rings. The zero-order valence-electron chi connectivity index (χ0n) is 10.9. The van der Waals surface area contributed by atoms with E-state index in [1.165, 1.54) is 0 Å². The second-order valence-electron chi connectivity index (χ2n) is 5.29. The van der Waals surface area contributed by atoms with Crippen molar-refractivity contribution < 1.29 is 14.0 Å². The molecule has 102 valence electrons. The van der Waals surface area contributed by atoms with Crippen molar-refractivity contribution in [2.24, 2.45) is 5.92 Å². The number of hydrogen-bond acceptors (Lipinski definition) is 3. The highest BCUT2D eigenvalue weighted by Crippen LogP contribution is 2.23. The molecule has 0 aromatic carbocycles. The first-order chi connectivity index (χ1) is 9.24. The molecule has 3 heterocycles. The predicted octanol–water partition coefficient (Wildman–Crippen LogP) is 1.25. The van der Waals surface area contributed by atoms with Crippen LogP contribution in [0.4, 0.5) is 0 Å². The number of amides is 2. The van der Waals surface area contributed by atoms with E-state index < -0.39 is 0 Å². The summed E-state index contributed by atoms with van der Waals surface area (Å²) in [5.74, 6) is 0.796. The van der Waals surface area contributed by atoms with Crippen LogP contribution in [0.25, 0.3) is 0 Å². The fourth-order valence-electron chi connectivity index (χ4n) is 2.88. The van der Waals surface area contributed by atoms with Crippen LogP contribution in [-0.2, 0) is 16.1 Å². The molecule has 2 saturated heterocycles. The van der Waals surface area contributed by atoms with E-state index in [1.807, 2.05) is 17.0 Å². The summed E-state index contributed by atoms with van der Waals surface area (Å²) in [5, 5.41) is 0. The highest BCUT2D eigenvalue weighted by Gasteiger charge is 2.37. The number of carbonyl (C=O) groups excluding carboxylic acids is 2. The van der Waals surface area contributed by atoms with E-state index in [0.717, 1.165) is 31.7 Å². The number of nitrogens with zero attached hydrogens (tertiary/aromatic N) is 2. The van der Waals surface area contributed by atoms with Crippen LogP contribution in [0, 0.1) is 5.92 Å². The molecular formula is C14H18N2O3. The number of likely N-dealkylation sites (tertiary alicyclic amines) is 2. The Balaban J connectivity index is 1.61. The van der Waals surface area contributed by atoms with E-state index in [4.69, 9.17) is 4.42 Å². The quantitative estimate of drug-likeness (QED) is 0.823. The fourth-order valence-corrected chi connectivity index (χ4v) is 2.88. The minimum atomic E-state index is -0.166. The minimum absolute atomic E-state index is 0.0500. The third-order valence-corrected chi connectivity index (χ3v) is 3.91. The van der Waals surface area contributed by atoms with Crippen molar-refractivity contribution in [3.05, 3.63) is 24.2 Å². The van der Waals surface area contributed by atoms with Crippen molar-refractivity contribution in [3.8, 4) is 0 Å². The number of furan rings is 1. The molecule has 2 aliphatic heterocycles. The Kier molecular flexibility index (Phi) is 3.27. The molecule has 0 spiro atoms. The van der Waals surface area contributed by atoms with Gasteiger partial charge in [0.25, 0.3) is 0 Å². The first kappa shape index (κ1) is 12.3. The molecule has 0 saturated carbocycles. The Morgan fingerprint density at radius 2 is 2.16 bits per heavy atom. The van der Waals surface area contributed by atoms with Gasteiger partial charge in [0.05, 0.1) is 18.7 Å². The molecule has 0 radical (unpaired) electrons. The lowest BCUT2D eigenvalue weighted by atomic mass is 10.1. The van der Waals surface area contributed by atoms with Crippen molar-refractivity contribution >= 4 is 11.8 Å². The van der Waals surface area contributed by atoms with E-state index in [2.05, 4.69) is 0 Å². The Bertz CT molecular complexity index is 463. The summed E-state index contributed by atoms with van der Waals surface area (Å²) in [5.41, 5.74) is 0. The van der Waals surface area contributed by atoms with Gasteiger partial charge in [-0.25, -0.2) is 0 Å². The zero-order valence-corrected chi connectivity index (χ0v) is 10.9. The van der Waals surface area contributed by atoms with Gasteiger partial charge in [-0.2, -0.15) is 0 Å². The van der Waals surface area contributed by atoms with Crippen LogP contribution < -0.4 is 0 Å². The molecule has 0 bridgehead atoms. The van der Waals surface area contributed by atoms with Crippen molar-refractivity contribution in [1.82, 2.24) is 9.80 Å². The summed E-state index contributed by atoms with van der Waals surface area (Å²) in [4.78, 5) is 27.8. The van der Waals surface area contributed by atoms with Crippen LogP contribution in [-0.4, -0.2) is 41.2 Å². The summed E-state index contributed by atoms with van der Waals surface area (Å²) in [6.07, 6.45) is 4.11. The molecule has 1 aromatic rings. The molecule has 1 aromatic heterocycles. The zero-order chi connectivity index (χ0) is 13.2. The molecular weight excluding hydrogens is 244 g/mol. The summed E-state index contributed by atoms with van der Waals surface area (Å²) >= 11 is 0. The maximum atomic E-state index is 12.3. The Morgan fingerprint density at radius 1 is 1.37 bits per heavy atom. The van der Waals surface area contributed by atoms with Gasteiger partial charge in [0.2, 0.25) is 11.8 Å². The van der Waals surface area contributed by atoms with Crippen LogP contribution in [0.2, 0.25) is 0 Å². The average Bonchev–Trinajstić information content (AvgIpc) is 3.12. The predicted molar refractivity (Wildman–Crippen MR) is 68.0 cm³/mol. The Morgan fingerprint density at radius 3 is 2.84 bits per heavy atom. The molecule has 5 nitrogen and oxygen atoms in total. The highest BCUT2D eigenvalue weighted by atomic mass is 16.3. The largest absolute Gasteiger partial charge is 0.467 e. The normalized spacial score (nSPS) is 23.4. The fraction of sp³-hybridized carbons (Fsp3) is 0.571. The van der Waals surface area contributed by atoms with Gasteiger partial charge in [0.15, 0.2) is 0 Å². The summed E-state index contributed by atoms with van der Waals surface area (Å²) in [7, 11) is 0. The second kappa shape index (κ2) is 5.07. The monoisotopic (exact) mass is 262 g/mol. The van der Waals surface area contributed by atoms with Crippen molar-refractivity contribution in [1.29, 1.82) is 0 Å². The topological polar surface area (TPSA) is 53.8 Å². The van der Waals surface area contributed by atoms with E-state index >= 15 is 0 Å². The molecule has 19 heavy (non-hydrogen) atoms. The second-order valence-corrected chi connectivity index (χ2v) is 5.29. The molecule has 0 N–H and O–H groups in total. The van der Waals surface area contributed by atoms with Gasteiger partial charge in [0, 0.05) is 26.1 Å². The smallest absolute Gasteiger partial charge is 0.227 e. The van der Waals surface area contributed by atoms with Crippen LogP contribution in [0.5, 0.6) is 0 Å². The van der Waals surface area contributed by atoms with Crippen LogP contribution in [0.15, 0.2) is 22.8 Å². The van der Waals surface area contributed by atoms with E-state index in [1.54, 1.807) is 11.2 Å². The van der Waals surface area contributed by atoms with Crippen LogP contribution in [0.3, 0.4) is 0 Å². The Hall–Kier alpha value is -1.78.